The number of amides is 2. The van der Waals surface area contributed by atoms with Crippen LogP contribution in [0.5, 0.6) is 0 Å². The Kier molecular flexibility index (Phi) is 4.49. The summed E-state index contributed by atoms with van der Waals surface area (Å²) >= 11 is 1.44. The summed E-state index contributed by atoms with van der Waals surface area (Å²) in [6, 6.07) is 11.8. The highest BCUT2D eigenvalue weighted by Crippen LogP contribution is 2.43. The predicted molar refractivity (Wildman–Crippen MR) is 98.4 cm³/mol. The Hall–Kier alpha value is -3.00. The van der Waals surface area contributed by atoms with Gasteiger partial charge in [-0.25, -0.2) is 4.79 Å². The van der Waals surface area contributed by atoms with Crippen molar-refractivity contribution in [2.75, 3.05) is 5.75 Å². The zero-order chi connectivity index (χ0) is 19.0. The van der Waals surface area contributed by atoms with E-state index in [9.17, 15) is 19.5 Å². The Bertz CT molecular complexity index is 923. The lowest BCUT2D eigenvalue weighted by Gasteiger charge is -2.49. The molecule has 0 bridgehead atoms. The van der Waals surface area contributed by atoms with E-state index < -0.39 is 23.3 Å². The van der Waals surface area contributed by atoms with Gasteiger partial charge in [-0.2, -0.15) is 0 Å². The standard InChI is InChI=1S/C19H16N2O5S/c22-14(9-12-7-4-8-26-12)20-15-17(23)21-16(19(24)25)13(10-27-18(15)21)11-5-2-1-3-6-11/h1-8,15,18H,9-10H2,(H,20,22)(H,24,25)/t15?,18-/m0/s1. The van der Waals surface area contributed by atoms with Crippen molar-refractivity contribution >= 4 is 35.1 Å². The second-order valence-corrected chi connectivity index (χ2v) is 7.31. The highest BCUT2D eigenvalue weighted by Gasteiger charge is 2.54. The highest BCUT2D eigenvalue weighted by molar-refractivity contribution is 8.00. The lowest BCUT2D eigenvalue weighted by molar-refractivity contribution is -0.150. The van der Waals surface area contributed by atoms with E-state index in [1.54, 1.807) is 12.1 Å². The number of benzene rings is 1. The van der Waals surface area contributed by atoms with Gasteiger partial charge < -0.3 is 14.8 Å². The third-order valence-electron chi connectivity index (χ3n) is 4.52. The van der Waals surface area contributed by atoms with Crippen molar-refractivity contribution in [1.82, 2.24) is 10.2 Å². The number of carbonyl (C=O) groups is 3. The average molecular weight is 384 g/mol. The Balaban J connectivity index is 1.54. The van der Waals surface area contributed by atoms with Crippen LogP contribution in [0.2, 0.25) is 0 Å². The molecule has 3 heterocycles. The first-order valence-electron chi connectivity index (χ1n) is 8.34. The monoisotopic (exact) mass is 384 g/mol. The fourth-order valence-electron chi connectivity index (χ4n) is 3.28. The van der Waals surface area contributed by atoms with E-state index in [0.29, 0.717) is 17.1 Å². The fraction of sp³-hybridized carbons (Fsp3) is 0.211. The topological polar surface area (TPSA) is 99.9 Å². The first kappa shape index (κ1) is 17.4. The summed E-state index contributed by atoms with van der Waals surface area (Å²) in [4.78, 5) is 37.9. The summed E-state index contributed by atoms with van der Waals surface area (Å²) in [5.74, 6) is -0.938. The van der Waals surface area contributed by atoms with Crippen LogP contribution in [0.4, 0.5) is 0 Å². The minimum Gasteiger partial charge on any atom is -0.477 e. The molecule has 7 nitrogen and oxygen atoms in total. The molecule has 2 aromatic rings. The van der Waals surface area contributed by atoms with Gasteiger partial charge in [-0.05, 0) is 17.7 Å². The lowest BCUT2D eigenvalue weighted by atomic mass is 9.99. The quantitative estimate of drug-likeness (QED) is 0.762. The summed E-state index contributed by atoms with van der Waals surface area (Å²) in [5.41, 5.74) is 1.38. The van der Waals surface area contributed by atoms with Crippen molar-refractivity contribution in [3.05, 3.63) is 65.7 Å². The molecule has 2 N–H and O–H groups in total. The maximum atomic E-state index is 12.6. The van der Waals surface area contributed by atoms with Gasteiger partial charge in [-0.3, -0.25) is 14.5 Å². The molecule has 0 radical (unpaired) electrons. The van der Waals surface area contributed by atoms with E-state index in [0.717, 1.165) is 5.56 Å². The Morgan fingerprint density at radius 1 is 1.22 bits per heavy atom. The number of furan rings is 1. The zero-order valence-electron chi connectivity index (χ0n) is 14.1. The predicted octanol–water partition coefficient (Wildman–Crippen LogP) is 1.72. The van der Waals surface area contributed by atoms with Gasteiger partial charge in [-0.15, -0.1) is 11.8 Å². The number of carbonyl (C=O) groups excluding carboxylic acids is 2. The first-order chi connectivity index (χ1) is 13.1. The van der Waals surface area contributed by atoms with E-state index in [2.05, 4.69) is 5.32 Å². The van der Waals surface area contributed by atoms with Gasteiger partial charge in [0, 0.05) is 11.3 Å². The second-order valence-electron chi connectivity index (χ2n) is 6.21. The number of thioether (sulfide) groups is 1. The highest BCUT2D eigenvalue weighted by atomic mass is 32.2. The van der Waals surface area contributed by atoms with Crippen LogP contribution in [-0.4, -0.2) is 45.0 Å². The van der Waals surface area contributed by atoms with Gasteiger partial charge >= 0.3 is 5.97 Å². The maximum Gasteiger partial charge on any atom is 0.352 e. The minimum absolute atomic E-state index is 0.00789. The molecule has 27 heavy (non-hydrogen) atoms. The van der Waals surface area contributed by atoms with Gasteiger partial charge in [-0.1, -0.05) is 30.3 Å². The molecule has 1 unspecified atom stereocenters. The number of nitrogens with zero attached hydrogens (tertiary/aromatic N) is 1. The van der Waals surface area contributed by atoms with Crippen LogP contribution in [0.3, 0.4) is 0 Å². The number of β-lactam (4-membered cyclic amide) rings is 1. The van der Waals surface area contributed by atoms with Crippen molar-refractivity contribution in [3.8, 4) is 0 Å². The van der Waals surface area contributed by atoms with Crippen LogP contribution >= 0.6 is 11.8 Å². The summed E-state index contributed by atoms with van der Waals surface area (Å²) in [5, 5.41) is 12.0. The zero-order valence-corrected chi connectivity index (χ0v) is 14.9. The van der Waals surface area contributed by atoms with Crippen molar-refractivity contribution in [2.24, 2.45) is 0 Å². The summed E-state index contributed by atoms with van der Waals surface area (Å²) < 4.78 is 5.14. The molecule has 4 rings (SSSR count). The molecule has 2 aliphatic heterocycles. The number of carboxylic acid groups (broad SMARTS) is 1. The average Bonchev–Trinajstić information content (AvgIpc) is 3.18. The molecule has 8 heteroatoms. The van der Waals surface area contributed by atoms with Crippen LogP contribution in [0.25, 0.3) is 5.57 Å². The number of carboxylic acids is 1. The number of hydrogen-bond acceptors (Lipinski definition) is 5. The molecule has 0 saturated carbocycles. The molecule has 1 saturated heterocycles. The molecule has 0 spiro atoms. The summed E-state index contributed by atoms with van der Waals surface area (Å²) in [6.07, 6.45) is 1.51. The van der Waals surface area contributed by atoms with E-state index >= 15 is 0 Å². The molecule has 2 aliphatic rings. The van der Waals surface area contributed by atoms with Crippen LogP contribution in [-0.2, 0) is 20.8 Å². The third-order valence-corrected chi connectivity index (χ3v) is 5.80. The van der Waals surface area contributed by atoms with Crippen molar-refractivity contribution in [3.63, 3.8) is 0 Å². The Morgan fingerprint density at radius 2 is 2.00 bits per heavy atom. The lowest BCUT2D eigenvalue weighted by Crippen LogP contribution is -2.70. The molecule has 2 atom stereocenters. The van der Waals surface area contributed by atoms with Crippen LogP contribution in [0.1, 0.15) is 11.3 Å². The number of nitrogens with one attached hydrogen (secondary N) is 1. The number of fused-ring (bicyclic) bond motifs is 1. The van der Waals surface area contributed by atoms with Crippen LogP contribution < -0.4 is 5.32 Å². The van der Waals surface area contributed by atoms with Gasteiger partial charge in [0.15, 0.2) is 0 Å². The largest absolute Gasteiger partial charge is 0.477 e. The van der Waals surface area contributed by atoms with Crippen molar-refractivity contribution in [2.45, 2.75) is 17.8 Å². The van der Waals surface area contributed by atoms with Gasteiger partial charge in [0.1, 0.15) is 22.9 Å². The smallest absolute Gasteiger partial charge is 0.352 e. The van der Waals surface area contributed by atoms with E-state index in [-0.39, 0.29) is 18.0 Å². The van der Waals surface area contributed by atoms with Gasteiger partial charge in [0.05, 0.1) is 12.7 Å². The maximum absolute atomic E-state index is 12.6. The molecule has 1 fully saturated rings. The van der Waals surface area contributed by atoms with Crippen molar-refractivity contribution in [1.29, 1.82) is 0 Å². The fourth-order valence-corrected chi connectivity index (χ4v) is 4.65. The van der Waals surface area contributed by atoms with Crippen LogP contribution in [0.15, 0.2) is 58.8 Å². The van der Waals surface area contributed by atoms with Gasteiger partial charge in [0.25, 0.3) is 5.91 Å². The normalized spacial score (nSPS) is 21.5. The third kappa shape index (κ3) is 3.12. The van der Waals surface area contributed by atoms with E-state index in [1.165, 1.54) is 22.9 Å². The number of rotatable bonds is 5. The first-order valence-corrected chi connectivity index (χ1v) is 9.39. The van der Waals surface area contributed by atoms with Gasteiger partial charge in [0.2, 0.25) is 5.91 Å². The van der Waals surface area contributed by atoms with Crippen molar-refractivity contribution < 1.29 is 23.9 Å². The number of aliphatic carboxylic acids is 1. The summed E-state index contributed by atoms with van der Waals surface area (Å²) in [6.45, 7) is 0. The number of hydrogen-bond donors (Lipinski definition) is 2. The minimum atomic E-state index is -1.15. The SMILES string of the molecule is O=C(Cc1ccco1)NC1C(=O)N2C(C(=O)O)=C(c3ccccc3)CS[C@@H]12. The van der Waals surface area contributed by atoms with Crippen LogP contribution in [0, 0.1) is 0 Å². The second kappa shape index (κ2) is 6.96. The Morgan fingerprint density at radius 3 is 2.67 bits per heavy atom. The molecule has 0 aliphatic carbocycles. The van der Waals surface area contributed by atoms with E-state index in [1.807, 2.05) is 30.3 Å². The molecule has 138 valence electrons. The summed E-state index contributed by atoms with van der Waals surface area (Å²) in [7, 11) is 0. The molecular formula is C19H16N2O5S. The molecule has 1 aromatic carbocycles. The van der Waals surface area contributed by atoms with E-state index in [4.69, 9.17) is 4.42 Å². The Labute approximate surface area is 159 Å². The molecular weight excluding hydrogens is 368 g/mol. The molecule has 2 amide bonds. The molecule has 1 aromatic heterocycles.